The van der Waals surface area contributed by atoms with Crippen LogP contribution in [-0.2, 0) is 19.4 Å². The SMILES string of the molecule is CSCCc1nccn1CCCCc1ccc(OC(C)(C)C)cc1. The van der Waals surface area contributed by atoms with Crippen molar-refractivity contribution in [3.05, 3.63) is 48.0 Å². The first-order valence-electron chi connectivity index (χ1n) is 8.75. The zero-order valence-corrected chi connectivity index (χ0v) is 16.2. The van der Waals surface area contributed by atoms with Crippen molar-refractivity contribution in [3.63, 3.8) is 0 Å². The number of nitrogens with zero attached hydrogens (tertiary/aromatic N) is 2. The fourth-order valence-corrected chi connectivity index (χ4v) is 3.04. The summed E-state index contributed by atoms with van der Waals surface area (Å²) < 4.78 is 8.17. The molecule has 1 heterocycles. The lowest BCUT2D eigenvalue weighted by Crippen LogP contribution is -2.22. The molecule has 0 unspecified atom stereocenters. The van der Waals surface area contributed by atoms with Crippen molar-refractivity contribution >= 4 is 11.8 Å². The van der Waals surface area contributed by atoms with Crippen molar-refractivity contribution in [2.45, 2.75) is 58.6 Å². The molecule has 1 aromatic heterocycles. The average molecular weight is 347 g/mol. The Hall–Kier alpha value is -1.42. The van der Waals surface area contributed by atoms with Gasteiger partial charge in [-0.2, -0.15) is 11.8 Å². The summed E-state index contributed by atoms with van der Waals surface area (Å²) in [6, 6.07) is 8.53. The monoisotopic (exact) mass is 346 g/mol. The number of benzene rings is 1. The molecular formula is C20H30N2OS. The van der Waals surface area contributed by atoms with Gasteiger partial charge < -0.3 is 9.30 Å². The van der Waals surface area contributed by atoms with Crippen molar-refractivity contribution in [2.75, 3.05) is 12.0 Å². The van der Waals surface area contributed by atoms with E-state index in [0.717, 1.165) is 30.9 Å². The number of aryl methyl sites for hydroxylation is 3. The summed E-state index contributed by atoms with van der Waals surface area (Å²) in [5.41, 5.74) is 1.24. The molecule has 0 atom stereocenters. The van der Waals surface area contributed by atoms with Gasteiger partial charge in [0, 0.05) is 31.1 Å². The van der Waals surface area contributed by atoms with Gasteiger partial charge in [-0.1, -0.05) is 12.1 Å². The number of hydrogen-bond acceptors (Lipinski definition) is 3. The smallest absolute Gasteiger partial charge is 0.120 e. The molecule has 24 heavy (non-hydrogen) atoms. The van der Waals surface area contributed by atoms with E-state index in [2.05, 4.69) is 67.0 Å². The molecule has 0 amide bonds. The fraction of sp³-hybridized carbons (Fsp3) is 0.550. The molecule has 0 aliphatic heterocycles. The first-order chi connectivity index (χ1) is 11.5. The summed E-state index contributed by atoms with van der Waals surface area (Å²) in [6.45, 7) is 7.29. The van der Waals surface area contributed by atoms with Gasteiger partial charge in [0.25, 0.3) is 0 Å². The summed E-state index contributed by atoms with van der Waals surface area (Å²) in [5.74, 6) is 3.30. The minimum absolute atomic E-state index is 0.139. The van der Waals surface area contributed by atoms with E-state index in [0.29, 0.717) is 0 Å². The highest BCUT2D eigenvalue weighted by Crippen LogP contribution is 2.19. The molecule has 0 aliphatic rings. The quantitative estimate of drug-likeness (QED) is 0.599. The number of ether oxygens (including phenoxy) is 1. The molecular weight excluding hydrogens is 316 g/mol. The minimum Gasteiger partial charge on any atom is -0.488 e. The van der Waals surface area contributed by atoms with E-state index in [9.17, 15) is 0 Å². The Morgan fingerprint density at radius 1 is 1.08 bits per heavy atom. The maximum atomic E-state index is 5.86. The molecule has 0 saturated heterocycles. The number of imidazole rings is 1. The molecule has 0 N–H and O–H groups in total. The van der Waals surface area contributed by atoms with E-state index in [-0.39, 0.29) is 5.60 Å². The van der Waals surface area contributed by atoms with Crippen LogP contribution in [0.3, 0.4) is 0 Å². The number of rotatable bonds is 9. The Morgan fingerprint density at radius 2 is 1.83 bits per heavy atom. The molecule has 3 nitrogen and oxygen atoms in total. The predicted molar refractivity (Wildman–Crippen MR) is 104 cm³/mol. The fourth-order valence-electron chi connectivity index (χ4n) is 2.65. The van der Waals surface area contributed by atoms with Crippen LogP contribution in [0.5, 0.6) is 5.75 Å². The van der Waals surface area contributed by atoms with Crippen LogP contribution in [0.15, 0.2) is 36.7 Å². The van der Waals surface area contributed by atoms with Crippen molar-refractivity contribution in [2.24, 2.45) is 0 Å². The van der Waals surface area contributed by atoms with Gasteiger partial charge in [-0.15, -0.1) is 0 Å². The second kappa shape index (κ2) is 9.16. The van der Waals surface area contributed by atoms with Crippen LogP contribution >= 0.6 is 11.8 Å². The van der Waals surface area contributed by atoms with Gasteiger partial charge in [-0.3, -0.25) is 0 Å². The molecule has 0 aliphatic carbocycles. The summed E-state index contributed by atoms with van der Waals surface area (Å²) in [4.78, 5) is 4.47. The Labute approximate surface area is 150 Å². The Bertz CT molecular complexity index is 599. The maximum Gasteiger partial charge on any atom is 0.120 e. The molecule has 132 valence electrons. The van der Waals surface area contributed by atoms with Gasteiger partial charge in [-0.05, 0) is 64.0 Å². The van der Waals surface area contributed by atoms with E-state index < -0.39 is 0 Å². The van der Waals surface area contributed by atoms with Crippen molar-refractivity contribution in [1.82, 2.24) is 9.55 Å². The topological polar surface area (TPSA) is 27.1 Å². The van der Waals surface area contributed by atoms with Gasteiger partial charge in [0.2, 0.25) is 0 Å². The number of thioether (sulfide) groups is 1. The molecule has 0 bridgehead atoms. The van der Waals surface area contributed by atoms with Crippen LogP contribution in [0.25, 0.3) is 0 Å². The summed E-state index contributed by atoms with van der Waals surface area (Å²) in [7, 11) is 0. The number of unbranched alkanes of at least 4 members (excludes halogenated alkanes) is 1. The minimum atomic E-state index is -0.139. The van der Waals surface area contributed by atoms with Crippen LogP contribution in [0.4, 0.5) is 0 Å². The average Bonchev–Trinajstić information content (AvgIpc) is 2.97. The van der Waals surface area contributed by atoms with Gasteiger partial charge >= 0.3 is 0 Å². The second-order valence-electron chi connectivity index (χ2n) is 7.10. The van der Waals surface area contributed by atoms with Crippen LogP contribution in [0.1, 0.15) is 45.0 Å². The van der Waals surface area contributed by atoms with E-state index in [1.807, 2.05) is 18.0 Å². The molecule has 1 aromatic carbocycles. The summed E-state index contributed by atoms with van der Waals surface area (Å²) >= 11 is 1.87. The van der Waals surface area contributed by atoms with Crippen molar-refractivity contribution in [1.29, 1.82) is 0 Å². The van der Waals surface area contributed by atoms with Gasteiger partial charge in [-0.25, -0.2) is 4.98 Å². The Kier molecular flexibility index (Phi) is 7.22. The molecule has 0 fully saturated rings. The van der Waals surface area contributed by atoms with Crippen molar-refractivity contribution in [3.8, 4) is 5.75 Å². The largest absolute Gasteiger partial charge is 0.488 e. The first kappa shape index (κ1) is 18.9. The Balaban J connectivity index is 1.73. The Morgan fingerprint density at radius 3 is 2.50 bits per heavy atom. The summed E-state index contributed by atoms with van der Waals surface area (Å²) in [6.07, 6.45) is 10.7. The highest BCUT2D eigenvalue weighted by molar-refractivity contribution is 7.98. The maximum absolute atomic E-state index is 5.86. The predicted octanol–water partition coefficient (Wildman–Crippen LogP) is 4.99. The second-order valence-corrected chi connectivity index (χ2v) is 8.08. The highest BCUT2D eigenvalue weighted by atomic mass is 32.2. The number of hydrogen-bond donors (Lipinski definition) is 0. The molecule has 0 radical (unpaired) electrons. The van der Waals surface area contributed by atoms with Crippen LogP contribution in [-0.4, -0.2) is 27.2 Å². The lowest BCUT2D eigenvalue weighted by Gasteiger charge is -2.21. The van der Waals surface area contributed by atoms with Crippen LogP contribution < -0.4 is 4.74 Å². The van der Waals surface area contributed by atoms with Gasteiger partial charge in [0.1, 0.15) is 17.2 Å². The first-order valence-corrected chi connectivity index (χ1v) is 10.1. The zero-order chi connectivity index (χ0) is 17.4. The van der Waals surface area contributed by atoms with E-state index >= 15 is 0 Å². The van der Waals surface area contributed by atoms with Gasteiger partial charge in [0.15, 0.2) is 0 Å². The van der Waals surface area contributed by atoms with E-state index in [1.165, 1.54) is 24.2 Å². The van der Waals surface area contributed by atoms with E-state index in [4.69, 9.17) is 4.74 Å². The summed E-state index contributed by atoms with van der Waals surface area (Å²) in [5, 5.41) is 0. The molecule has 2 rings (SSSR count). The zero-order valence-electron chi connectivity index (χ0n) is 15.4. The van der Waals surface area contributed by atoms with Crippen LogP contribution in [0.2, 0.25) is 0 Å². The molecule has 2 aromatic rings. The van der Waals surface area contributed by atoms with Gasteiger partial charge in [0.05, 0.1) is 0 Å². The van der Waals surface area contributed by atoms with E-state index in [1.54, 1.807) is 0 Å². The molecule has 0 spiro atoms. The lowest BCUT2D eigenvalue weighted by atomic mass is 10.1. The normalized spacial score (nSPS) is 11.7. The third-order valence-corrected chi connectivity index (χ3v) is 4.41. The number of aromatic nitrogens is 2. The third kappa shape index (κ3) is 6.60. The molecule has 0 saturated carbocycles. The standard InChI is InChI=1S/C20H30N2OS/c1-20(2,3)23-18-10-8-17(9-11-18)7-5-6-14-22-15-13-21-19(22)12-16-24-4/h8-11,13,15H,5-7,12,14,16H2,1-4H3. The third-order valence-electron chi connectivity index (χ3n) is 3.79. The highest BCUT2D eigenvalue weighted by Gasteiger charge is 2.11. The lowest BCUT2D eigenvalue weighted by molar-refractivity contribution is 0.131. The van der Waals surface area contributed by atoms with Crippen molar-refractivity contribution < 1.29 is 4.74 Å². The molecule has 4 heteroatoms. The van der Waals surface area contributed by atoms with Crippen LogP contribution in [0, 0.1) is 0 Å².